The first-order valence-corrected chi connectivity index (χ1v) is 28.4. The summed E-state index contributed by atoms with van der Waals surface area (Å²) < 4.78 is 34.8. The number of rotatable bonds is 51. The average Bonchev–Trinajstić information content (AvgIpc) is 3.23. The van der Waals surface area contributed by atoms with E-state index >= 15 is 0 Å². The number of esters is 1. The second kappa shape index (κ2) is 46.8. The van der Waals surface area contributed by atoms with Crippen molar-refractivity contribution in [3.8, 4) is 0 Å². The minimum atomic E-state index is -4.53. The van der Waals surface area contributed by atoms with E-state index in [4.69, 9.17) is 18.5 Å². The lowest BCUT2D eigenvalue weighted by Gasteiger charge is -2.28. The third-order valence-corrected chi connectivity index (χ3v) is 13.0. The number of likely N-dealkylation sites (N-methyl/N-ethyl adjacent to an activating group) is 1. The normalized spacial score (nSPS) is 13.6. The van der Waals surface area contributed by atoms with Crippen molar-refractivity contribution in [1.82, 2.24) is 0 Å². The number of hydrogen-bond acceptors (Lipinski definition) is 7. The van der Waals surface area contributed by atoms with Crippen molar-refractivity contribution in [2.75, 3.05) is 54.1 Å². The molecule has 8 nitrogen and oxygen atoms in total. The molecule has 0 spiro atoms. The van der Waals surface area contributed by atoms with Gasteiger partial charge in [-0.25, -0.2) is 0 Å². The minimum Gasteiger partial charge on any atom is -0.756 e. The van der Waals surface area contributed by atoms with Crippen LogP contribution >= 0.6 is 7.82 Å². The highest BCUT2D eigenvalue weighted by Crippen LogP contribution is 2.38. The third-order valence-electron chi connectivity index (χ3n) is 12.1. The number of phosphoric ester groups is 1. The fourth-order valence-corrected chi connectivity index (χ4v) is 8.63. The van der Waals surface area contributed by atoms with Gasteiger partial charge >= 0.3 is 5.97 Å². The van der Waals surface area contributed by atoms with E-state index in [1.807, 2.05) is 21.1 Å². The van der Waals surface area contributed by atoms with Crippen LogP contribution in [0.15, 0.2) is 12.2 Å². The van der Waals surface area contributed by atoms with Gasteiger partial charge in [-0.1, -0.05) is 231 Å². The van der Waals surface area contributed by atoms with Crippen LogP contribution < -0.4 is 4.89 Å². The molecule has 0 aromatic rings. The van der Waals surface area contributed by atoms with Gasteiger partial charge in [-0.3, -0.25) is 9.36 Å². The maximum atomic E-state index is 12.8. The number of allylic oxidation sites excluding steroid dienone is 2. The van der Waals surface area contributed by atoms with E-state index in [1.165, 1.54) is 212 Å². The highest BCUT2D eigenvalue weighted by atomic mass is 31.2. The summed E-state index contributed by atoms with van der Waals surface area (Å²) in [6.07, 6.45) is 53.8. The van der Waals surface area contributed by atoms with Crippen LogP contribution in [0, 0.1) is 0 Å². The van der Waals surface area contributed by atoms with Crippen LogP contribution in [0.2, 0.25) is 0 Å². The van der Waals surface area contributed by atoms with Crippen molar-refractivity contribution in [3.63, 3.8) is 0 Å². The smallest absolute Gasteiger partial charge is 0.306 e. The van der Waals surface area contributed by atoms with Gasteiger partial charge in [0.1, 0.15) is 19.3 Å². The standard InChI is InChI=1S/C53H106NO7P/c1-6-8-10-12-14-16-18-20-22-24-25-26-27-28-29-30-32-34-36-38-40-42-44-46-53(55)61-52(51-60-62(56,57)59-49-47-54(3,4)5)50-58-48-45-43-41-39-37-35-33-31-23-21-19-17-15-13-11-9-7-2/h24-25,52H,6-23,26-51H2,1-5H3/b25-24-. The van der Waals surface area contributed by atoms with Crippen molar-refractivity contribution in [3.05, 3.63) is 12.2 Å². The fraction of sp³-hybridized carbons (Fsp3) is 0.943. The van der Waals surface area contributed by atoms with Crippen LogP contribution in [-0.4, -0.2) is 70.7 Å². The Kier molecular flexibility index (Phi) is 46.2. The lowest BCUT2D eigenvalue weighted by molar-refractivity contribution is -0.870. The molecule has 0 N–H and O–H groups in total. The molecule has 0 amide bonds. The maximum Gasteiger partial charge on any atom is 0.306 e. The van der Waals surface area contributed by atoms with Gasteiger partial charge in [0.05, 0.1) is 34.4 Å². The quantitative estimate of drug-likeness (QED) is 0.0197. The molecule has 0 bridgehead atoms. The number of carbonyl (C=O) groups is 1. The van der Waals surface area contributed by atoms with Gasteiger partial charge < -0.3 is 27.9 Å². The first-order chi connectivity index (χ1) is 30.1. The molecule has 0 aliphatic heterocycles. The molecule has 0 aromatic heterocycles. The predicted octanol–water partition coefficient (Wildman–Crippen LogP) is 15.9. The SMILES string of the molecule is CCCCCCCCCC/C=C\CCCCCCCCCCCCCC(=O)OC(COCCCCCCCCCCCCCCCCCCC)COP(=O)([O-])OCC[N+](C)(C)C. The number of hydrogen-bond donors (Lipinski definition) is 0. The molecule has 0 aliphatic rings. The van der Waals surface area contributed by atoms with Gasteiger partial charge in [0.15, 0.2) is 0 Å². The highest BCUT2D eigenvalue weighted by molar-refractivity contribution is 7.45. The van der Waals surface area contributed by atoms with Crippen molar-refractivity contribution >= 4 is 13.8 Å². The van der Waals surface area contributed by atoms with Crippen LogP contribution in [0.1, 0.15) is 264 Å². The topological polar surface area (TPSA) is 94.1 Å². The van der Waals surface area contributed by atoms with Crippen LogP contribution in [0.3, 0.4) is 0 Å². The Morgan fingerprint density at radius 1 is 0.484 bits per heavy atom. The lowest BCUT2D eigenvalue weighted by Crippen LogP contribution is -2.37. The molecule has 370 valence electrons. The van der Waals surface area contributed by atoms with E-state index < -0.39 is 13.9 Å². The summed E-state index contributed by atoms with van der Waals surface area (Å²) >= 11 is 0. The predicted molar refractivity (Wildman–Crippen MR) is 264 cm³/mol. The molecular weight excluding hydrogens is 794 g/mol. The molecule has 0 heterocycles. The molecule has 0 saturated heterocycles. The van der Waals surface area contributed by atoms with Gasteiger partial charge in [-0.2, -0.15) is 0 Å². The number of nitrogens with zero attached hydrogens (tertiary/aromatic N) is 1. The molecular formula is C53H106NO7P. The summed E-state index contributed by atoms with van der Waals surface area (Å²) in [7, 11) is 1.37. The van der Waals surface area contributed by atoms with Crippen molar-refractivity contribution in [1.29, 1.82) is 0 Å². The average molecular weight is 900 g/mol. The zero-order chi connectivity index (χ0) is 45.5. The molecule has 0 aliphatic carbocycles. The molecule has 62 heavy (non-hydrogen) atoms. The van der Waals surface area contributed by atoms with E-state index in [0.717, 1.165) is 32.1 Å². The van der Waals surface area contributed by atoms with Gasteiger partial charge in [0.2, 0.25) is 0 Å². The van der Waals surface area contributed by atoms with E-state index in [1.54, 1.807) is 0 Å². The second-order valence-corrected chi connectivity index (χ2v) is 21.0. The first-order valence-electron chi connectivity index (χ1n) is 26.9. The molecule has 2 atom stereocenters. The number of quaternary nitrogens is 1. The summed E-state index contributed by atoms with van der Waals surface area (Å²) in [5, 5.41) is 0. The summed E-state index contributed by atoms with van der Waals surface area (Å²) in [6.45, 7) is 5.48. The van der Waals surface area contributed by atoms with Crippen LogP contribution in [-0.2, 0) is 27.9 Å². The lowest BCUT2D eigenvalue weighted by atomic mass is 10.0. The number of unbranched alkanes of at least 4 members (excludes halogenated alkanes) is 35. The molecule has 0 saturated carbocycles. The Morgan fingerprint density at radius 2 is 0.839 bits per heavy atom. The van der Waals surface area contributed by atoms with E-state index in [2.05, 4.69) is 26.0 Å². The van der Waals surface area contributed by atoms with Crippen LogP contribution in [0.5, 0.6) is 0 Å². The van der Waals surface area contributed by atoms with Crippen molar-refractivity contribution in [2.24, 2.45) is 0 Å². The largest absolute Gasteiger partial charge is 0.756 e. The van der Waals surface area contributed by atoms with E-state index in [9.17, 15) is 14.3 Å². The summed E-state index contributed by atoms with van der Waals surface area (Å²) in [4.78, 5) is 25.2. The summed E-state index contributed by atoms with van der Waals surface area (Å²) in [5.41, 5.74) is 0. The monoisotopic (exact) mass is 900 g/mol. The fourth-order valence-electron chi connectivity index (χ4n) is 7.90. The van der Waals surface area contributed by atoms with Gasteiger partial charge in [-0.05, 0) is 38.5 Å². The summed E-state index contributed by atoms with van der Waals surface area (Å²) in [6, 6.07) is 0. The summed E-state index contributed by atoms with van der Waals surface area (Å²) in [5.74, 6) is -0.328. The molecule has 0 aromatic carbocycles. The highest BCUT2D eigenvalue weighted by Gasteiger charge is 2.20. The molecule has 9 heteroatoms. The zero-order valence-electron chi connectivity index (χ0n) is 42.1. The van der Waals surface area contributed by atoms with Gasteiger partial charge in [0.25, 0.3) is 7.82 Å². The van der Waals surface area contributed by atoms with Crippen molar-refractivity contribution in [2.45, 2.75) is 270 Å². The first kappa shape index (κ1) is 61.2. The van der Waals surface area contributed by atoms with Crippen LogP contribution in [0.25, 0.3) is 0 Å². The zero-order valence-corrected chi connectivity index (χ0v) is 43.0. The molecule has 0 radical (unpaired) electrons. The maximum absolute atomic E-state index is 12.8. The number of ether oxygens (including phenoxy) is 2. The third kappa shape index (κ3) is 50.2. The molecule has 0 fully saturated rings. The Morgan fingerprint density at radius 3 is 1.23 bits per heavy atom. The minimum absolute atomic E-state index is 0.0298. The Hall–Kier alpha value is -0.760. The Labute approximate surface area is 386 Å². The Bertz CT molecular complexity index is 1000. The molecule has 2 unspecified atom stereocenters. The van der Waals surface area contributed by atoms with Gasteiger partial charge in [0, 0.05) is 13.0 Å². The van der Waals surface area contributed by atoms with Crippen molar-refractivity contribution < 1.29 is 37.3 Å². The van der Waals surface area contributed by atoms with Crippen LogP contribution in [0.4, 0.5) is 0 Å². The van der Waals surface area contributed by atoms with E-state index in [0.29, 0.717) is 24.1 Å². The van der Waals surface area contributed by atoms with Gasteiger partial charge in [-0.15, -0.1) is 0 Å². The Balaban J connectivity index is 4.06. The van der Waals surface area contributed by atoms with E-state index in [-0.39, 0.29) is 25.8 Å². The number of phosphoric acid groups is 1. The molecule has 0 rings (SSSR count). The second-order valence-electron chi connectivity index (χ2n) is 19.6. The number of carbonyl (C=O) groups excluding carboxylic acids is 1.